The van der Waals surface area contributed by atoms with Gasteiger partial charge >= 0.3 is 6.18 Å². The molecule has 0 bridgehead atoms. The molecule has 6 heteroatoms. The molecule has 0 aliphatic heterocycles. The van der Waals surface area contributed by atoms with Crippen molar-refractivity contribution in [3.05, 3.63) is 35.1 Å². The minimum atomic E-state index is -4.57. The van der Waals surface area contributed by atoms with Crippen LogP contribution in [0.3, 0.4) is 0 Å². The third-order valence-electron chi connectivity index (χ3n) is 1.72. The molecule has 0 amide bonds. The largest absolute Gasteiger partial charge is 0.416 e. The van der Waals surface area contributed by atoms with Crippen LogP contribution in [-0.4, -0.2) is 11.1 Å². The number of carbonyl (C=O) groups is 1. The Morgan fingerprint density at radius 3 is 2.40 bits per heavy atom. The molecule has 15 heavy (non-hydrogen) atoms. The summed E-state index contributed by atoms with van der Waals surface area (Å²) in [5.74, 6) is -1.67. The first-order valence-electron chi connectivity index (χ1n) is 3.82. The van der Waals surface area contributed by atoms with Gasteiger partial charge in [0.05, 0.1) is 16.5 Å². The van der Waals surface area contributed by atoms with Gasteiger partial charge in [0.2, 0.25) is 0 Å². The van der Waals surface area contributed by atoms with Crippen LogP contribution in [-0.2, 0) is 6.18 Å². The molecule has 0 spiro atoms. The molecule has 1 aromatic carbocycles. The van der Waals surface area contributed by atoms with Crippen LogP contribution >= 0.6 is 15.9 Å². The third-order valence-corrected chi connectivity index (χ3v) is 2.22. The molecule has 0 atom stereocenters. The predicted molar refractivity (Wildman–Crippen MR) is 49.5 cm³/mol. The van der Waals surface area contributed by atoms with Gasteiger partial charge in [0, 0.05) is 0 Å². The molecule has 0 aliphatic rings. The number of benzene rings is 1. The van der Waals surface area contributed by atoms with E-state index in [1.54, 1.807) is 0 Å². The van der Waals surface area contributed by atoms with Gasteiger partial charge in [-0.2, -0.15) is 13.2 Å². The first kappa shape index (κ1) is 12.2. The summed E-state index contributed by atoms with van der Waals surface area (Å²) in [5, 5.41) is -0.217. The molecule has 0 fully saturated rings. The van der Waals surface area contributed by atoms with E-state index >= 15 is 0 Å². The second kappa shape index (κ2) is 4.30. The van der Waals surface area contributed by atoms with Crippen LogP contribution in [0.4, 0.5) is 17.6 Å². The number of hydrogen-bond acceptors (Lipinski definition) is 1. The maximum atomic E-state index is 13.0. The highest BCUT2D eigenvalue weighted by molar-refractivity contribution is 9.09. The summed E-state index contributed by atoms with van der Waals surface area (Å²) < 4.78 is 49.7. The molecule has 1 rings (SSSR count). The highest BCUT2D eigenvalue weighted by Crippen LogP contribution is 2.30. The molecule has 0 saturated heterocycles. The van der Waals surface area contributed by atoms with E-state index in [0.29, 0.717) is 18.2 Å². The smallest absolute Gasteiger partial charge is 0.293 e. The molecule has 0 aliphatic carbocycles. The van der Waals surface area contributed by atoms with Crippen LogP contribution in [0.25, 0.3) is 0 Å². The number of halogens is 5. The summed E-state index contributed by atoms with van der Waals surface area (Å²) in [6.07, 6.45) is -4.57. The topological polar surface area (TPSA) is 17.1 Å². The predicted octanol–water partition coefficient (Wildman–Crippen LogP) is 3.42. The monoisotopic (exact) mass is 284 g/mol. The number of hydrogen-bond donors (Lipinski definition) is 0. The summed E-state index contributed by atoms with van der Waals surface area (Å²) in [6, 6.07) is 1.75. The lowest BCUT2D eigenvalue weighted by atomic mass is 10.1. The van der Waals surface area contributed by atoms with Crippen LogP contribution < -0.4 is 0 Å². The van der Waals surface area contributed by atoms with Crippen molar-refractivity contribution in [1.29, 1.82) is 0 Å². The van der Waals surface area contributed by atoms with Crippen molar-refractivity contribution in [3.63, 3.8) is 0 Å². The van der Waals surface area contributed by atoms with Crippen molar-refractivity contribution in [3.8, 4) is 0 Å². The van der Waals surface area contributed by atoms with Crippen LogP contribution in [0.2, 0.25) is 0 Å². The van der Waals surface area contributed by atoms with Gasteiger partial charge in [0.25, 0.3) is 0 Å². The SMILES string of the molecule is O=C(CBr)c1cc(C(F)(F)F)ccc1F. The molecule has 0 radical (unpaired) electrons. The quantitative estimate of drug-likeness (QED) is 0.462. The zero-order valence-electron chi connectivity index (χ0n) is 7.24. The molecule has 0 heterocycles. The Kier molecular flexibility index (Phi) is 3.49. The summed E-state index contributed by atoms with van der Waals surface area (Å²) in [4.78, 5) is 11.1. The standard InChI is InChI=1S/C9H5BrF4O/c10-4-8(15)6-3-5(9(12,13)14)1-2-7(6)11/h1-3H,4H2. The van der Waals surface area contributed by atoms with E-state index in [-0.39, 0.29) is 5.33 Å². The maximum Gasteiger partial charge on any atom is 0.416 e. The molecule has 82 valence electrons. The van der Waals surface area contributed by atoms with E-state index < -0.39 is 28.9 Å². The fourth-order valence-electron chi connectivity index (χ4n) is 0.987. The summed E-state index contributed by atoms with van der Waals surface area (Å²) in [5.41, 5.74) is -1.59. The first-order valence-corrected chi connectivity index (χ1v) is 4.94. The van der Waals surface area contributed by atoms with Crippen molar-refractivity contribution >= 4 is 21.7 Å². The molecule has 0 unspecified atom stereocenters. The number of alkyl halides is 4. The van der Waals surface area contributed by atoms with E-state index in [1.807, 2.05) is 0 Å². The molecular formula is C9H5BrF4O. The van der Waals surface area contributed by atoms with Crippen molar-refractivity contribution in [1.82, 2.24) is 0 Å². The maximum absolute atomic E-state index is 13.0. The average molecular weight is 285 g/mol. The van der Waals surface area contributed by atoms with Gasteiger partial charge in [0.15, 0.2) is 5.78 Å². The molecule has 0 aromatic heterocycles. The Balaban J connectivity index is 3.23. The normalized spacial score (nSPS) is 11.5. The van der Waals surface area contributed by atoms with Gasteiger partial charge in [-0.3, -0.25) is 4.79 Å². The second-order valence-corrected chi connectivity index (χ2v) is 3.31. The van der Waals surface area contributed by atoms with Gasteiger partial charge in [0.1, 0.15) is 5.82 Å². The van der Waals surface area contributed by atoms with Crippen LogP contribution in [0, 0.1) is 5.82 Å². The van der Waals surface area contributed by atoms with Gasteiger partial charge in [-0.15, -0.1) is 0 Å². The lowest BCUT2D eigenvalue weighted by Crippen LogP contribution is -2.10. The summed E-state index contributed by atoms with van der Waals surface area (Å²) in [6.45, 7) is 0. The zero-order valence-corrected chi connectivity index (χ0v) is 8.82. The first-order chi connectivity index (χ1) is 6.86. The number of carbonyl (C=O) groups excluding carboxylic acids is 1. The van der Waals surface area contributed by atoms with Crippen molar-refractivity contribution in [2.75, 3.05) is 5.33 Å². The van der Waals surface area contributed by atoms with E-state index in [1.165, 1.54) is 0 Å². The Labute approximate surface area is 91.2 Å². The van der Waals surface area contributed by atoms with Crippen LogP contribution in [0.15, 0.2) is 18.2 Å². The number of rotatable bonds is 2. The summed E-state index contributed by atoms with van der Waals surface area (Å²) in [7, 11) is 0. The Morgan fingerprint density at radius 2 is 1.93 bits per heavy atom. The van der Waals surface area contributed by atoms with Crippen molar-refractivity contribution in [2.45, 2.75) is 6.18 Å². The Morgan fingerprint density at radius 1 is 1.33 bits per heavy atom. The summed E-state index contributed by atoms with van der Waals surface area (Å²) >= 11 is 2.76. The van der Waals surface area contributed by atoms with E-state index in [4.69, 9.17) is 0 Å². The minimum Gasteiger partial charge on any atom is -0.293 e. The molecule has 0 N–H and O–H groups in total. The average Bonchev–Trinajstić information content (AvgIpc) is 2.15. The second-order valence-electron chi connectivity index (χ2n) is 2.75. The van der Waals surface area contributed by atoms with Crippen molar-refractivity contribution < 1.29 is 22.4 Å². The van der Waals surface area contributed by atoms with E-state index in [2.05, 4.69) is 15.9 Å². The molecule has 1 aromatic rings. The Bertz CT molecular complexity index is 386. The highest BCUT2D eigenvalue weighted by atomic mass is 79.9. The lowest BCUT2D eigenvalue weighted by Gasteiger charge is -2.08. The highest BCUT2D eigenvalue weighted by Gasteiger charge is 2.31. The fraction of sp³-hybridized carbons (Fsp3) is 0.222. The number of Topliss-reactive ketones (excluding diaryl/α,β-unsaturated/α-hetero) is 1. The zero-order chi connectivity index (χ0) is 11.6. The van der Waals surface area contributed by atoms with Crippen LogP contribution in [0.1, 0.15) is 15.9 Å². The van der Waals surface area contributed by atoms with Gasteiger partial charge in [-0.05, 0) is 18.2 Å². The molecule has 0 saturated carbocycles. The Hall–Kier alpha value is -0.910. The molecule has 1 nitrogen and oxygen atoms in total. The third kappa shape index (κ3) is 2.77. The molecular weight excluding hydrogens is 280 g/mol. The van der Waals surface area contributed by atoms with Gasteiger partial charge < -0.3 is 0 Å². The van der Waals surface area contributed by atoms with Crippen molar-refractivity contribution in [2.24, 2.45) is 0 Å². The van der Waals surface area contributed by atoms with E-state index in [9.17, 15) is 22.4 Å². The number of ketones is 1. The lowest BCUT2D eigenvalue weighted by molar-refractivity contribution is -0.137. The van der Waals surface area contributed by atoms with Crippen LogP contribution in [0.5, 0.6) is 0 Å². The van der Waals surface area contributed by atoms with E-state index in [0.717, 1.165) is 0 Å². The fourth-order valence-corrected chi connectivity index (χ4v) is 1.29. The van der Waals surface area contributed by atoms with Gasteiger partial charge in [-0.1, -0.05) is 15.9 Å². The minimum absolute atomic E-state index is 0.217. The van der Waals surface area contributed by atoms with Gasteiger partial charge in [-0.25, -0.2) is 4.39 Å².